The molecule has 0 radical (unpaired) electrons. The van der Waals surface area contributed by atoms with Crippen LogP contribution >= 0.6 is 11.6 Å². The Kier molecular flexibility index (Phi) is 6.22. The number of carboxylic acid groups (broad SMARTS) is 1. The molecule has 2 heterocycles. The van der Waals surface area contributed by atoms with Crippen LogP contribution in [0.3, 0.4) is 0 Å². The Hall–Kier alpha value is -2.61. The summed E-state index contributed by atoms with van der Waals surface area (Å²) >= 11 is 5.86. The molecule has 7 nitrogen and oxygen atoms in total. The quantitative estimate of drug-likeness (QED) is 0.676. The van der Waals surface area contributed by atoms with Crippen LogP contribution < -0.4 is 9.47 Å². The van der Waals surface area contributed by atoms with E-state index >= 15 is 0 Å². The first kappa shape index (κ1) is 20.7. The molecule has 0 aromatic heterocycles. The minimum Gasteiger partial charge on any atom is -0.480 e. The number of piperazine rings is 1. The van der Waals surface area contributed by atoms with Crippen molar-refractivity contribution in [2.45, 2.75) is 19.0 Å². The van der Waals surface area contributed by atoms with E-state index in [0.717, 1.165) is 36.7 Å². The molecule has 2 aliphatic rings. The van der Waals surface area contributed by atoms with Crippen molar-refractivity contribution in [2.75, 3.05) is 33.0 Å². The molecular weight excluding hydrogens is 408 g/mol. The average molecular weight is 431 g/mol. The molecule has 0 bridgehead atoms. The van der Waals surface area contributed by atoms with E-state index in [0.29, 0.717) is 23.7 Å². The Bertz CT molecular complexity index is 926. The SMILES string of the molecule is O=C(C[C@@H](C(=O)O)N1CCN(Cc2ccc3c(c2)OCO3)CC1)c1ccc(Cl)cc1. The van der Waals surface area contributed by atoms with Crippen molar-refractivity contribution >= 4 is 23.4 Å². The van der Waals surface area contributed by atoms with Crippen LogP contribution in [0.5, 0.6) is 11.5 Å². The lowest BCUT2D eigenvalue weighted by Crippen LogP contribution is -2.52. The smallest absolute Gasteiger partial charge is 0.321 e. The van der Waals surface area contributed by atoms with Crippen LogP contribution in [-0.2, 0) is 11.3 Å². The van der Waals surface area contributed by atoms with Gasteiger partial charge in [-0.15, -0.1) is 0 Å². The molecule has 30 heavy (non-hydrogen) atoms. The molecule has 2 aromatic carbocycles. The molecule has 0 spiro atoms. The van der Waals surface area contributed by atoms with Crippen molar-refractivity contribution in [1.29, 1.82) is 0 Å². The monoisotopic (exact) mass is 430 g/mol. The second-order valence-corrected chi connectivity index (χ2v) is 7.92. The third kappa shape index (κ3) is 4.75. The number of hydrogen-bond donors (Lipinski definition) is 1. The molecular formula is C22H23ClN2O5. The number of Topliss-reactive ketones (excluding diaryl/α,β-unsaturated/α-hetero) is 1. The highest BCUT2D eigenvalue weighted by atomic mass is 35.5. The molecule has 2 aromatic rings. The summed E-state index contributed by atoms with van der Waals surface area (Å²) in [6.45, 7) is 3.65. The standard InChI is InChI=1S/C22H23ClN2O5/c23-17-4-2-16(3-5-17)19(26)12-18(22(27)28)25-9-7-24(8-10-25)13-15-1-6-20-21(11-15)30-14-29-20/h1-6,11,18H,7-10,12-14H2,(H,27,28)/t18-/m0/s1. The van der Waals surface area contributed by atoms with Gasteiger partial charge in [-0.05, 0) is 42.0 Å². The number of carbonyl (C=O) groups is 2. The molecule has 0 unspecified atom stereocenters. The summed E-state index contributed by atoms with van der Waals surface area (Å²) in [5, 5.41) is 10.2. The highest BCUT2D eigenvalue weighted by Crippen LogP contribution is 2.32. The molecule has 1 saturated heterocycles. The topological polar surface area (TPSA) is 79.3 Å². The van der Waals surface area contributed by atoms with Crippen LogP contribution in [0.4, 0.5) is 0 Å². The zero-order valence-corrected chi connectivity index (χ0v) is 17.2. The van der Waals surface area contributed by atoms with Crippen LogP contribution in [-0.4, -0.2) is 65.7 Å². The summed E-state index contributed by atoms with van der Waals surface area (Å²) in [6, 6.07) is 11.6. The Morgan fingerprint density at radius 2 is 1.70 bits per heavy atom. The number of rotatable bonds is 7. The zero-order valence-electron chi connectivity index (χ0n) is 16.4. The van der Waals surface area contributed by atoms with E-state index in [-0.39, 0.29) is 19.0 Å². The molecule has 0 saturated carbocycles. The highest BCUT2D eigenvalue weighted by molar-refractivity contribution is 6.30. The number of ether oxygens (including phenoxy) is 2. The van der Waals surface area contributed by atoms with Crippen molar-refractivity contribution in [3.05, 3.63) is 58.6 Å². The third-order valence-corrected chi connectivity index (χ3v) is 5.77. The van der Waals surface area contributed by atoms with Gasteiger partial charge in [-0.1, -0.05) is 17.7 Å². The van der Waals surface area contributed by atoms with Gasteiger partial charge in [0.25, 0.3) is 0 Å². The summed E-state index contributed by atoms with van der Waals surface area (Å²) in [6.07, 6.45) is -0.0564. The van der Waals surface area contributed by atoms with Crippen molar-refractivity contribution in [1.82, 2.24) is 9.80 Å². The number of hydrogen-bond acceptors (Lipinski definition) is 6. The van der Waals surface area contributed by atoms with E-state index in [1.165, 1.54) is 0 Å². The Balaban J connectivity index is 1.33. The van der Waals surface area contributed by atoms with Gasteiger partial charge in [0.1, 0.15) is 6.04 Å². The van der Waals surface area contributed by atoms with Gasteiger partial charge in [-0.25, -0.2) is 0 Å². The number of fused-ring (bicyclic) bond motifs is 1. The molecule has 1 fully saturated rings. The molecule has 4 rings (SSSR count). The summed E-state index contributed by atoms with van der Waals surface area (Å²) in [4.78, 5) is 28.5. The Morgan fingerprint density at radius 3 is 2.40 bits per heavy atom. The Labute approximate surface area is 179 Å². The lowest BCUT2D eigenvalue weighted by Gasteiger charge is -2.37. The maximum Gasteiger partial charge on any atom is 0.321 e. The number of ketones is 1. The number of carboxylic acids is 1. The van der Waals surface area contributed by atoms with Crippen molar-refractivity contribution in [3.63, 3.8) is 0 Å². The summed E-state index contributed by atoms with van der Waals surface area (Å²) < 4.78 is 10.8. The first-order valence-corrected chi connectivity index (χ1v) is 10.2. The first-order valence-electron chi connectivity index (χ1n) is 9.86. The van der Waals surface area contributed by atoms with Gasteiger partial charge in [-0.3, -0.25) is 19.4 Å². The average Bonchev–Trinajstić information content (AvgIpc) is 3.21. The van der Waals surface area contributed by atoms with E-state index in [1.807, 2.05) is 23.1 Å². The molecule has 158 valence electrons. The number of nitrogens with zero attached hydrogens (tertiary/aromatic N) is 2. The van der Waals surface area contributed by atoms with Gasteiger partial charge in [0.2, 0.25) is 6.79 Å². The van der Waals surface area contributed by atoms with Gasteiger partial charge in [0, 0.05) is 49.7 Å². The number of aliphatic carboxylic acids is 1. The van der Waals surface area contributed by atoms with Gasteiger partial charge < -0.3 is 14.6 Å². The summed E-state index contributed by atoms with van der Waals surface area (Å²) in [5.74, 6) is 0.361. The summed E-state index contributed by atoms with van der Waals surface area (Å²) in [7, 11) is 0. The second-order valence-electron chi connectivity index (χ2n) is 7.49. The van der Waals surface area contributed by atoms with E-state index in [2.05, 4.69) is 4.90 Å². The van der Waals surface area contributed by atoms with E-state index < -0.39 is 12.0 Å². The molecule has 8 heteroatoms. The minimum absolute atomic E-state index is 0.0564. The van der Waals surface area contributed by atoms with Crippen LogP contribution in [0, 0.1) is 0 Å². The van der Waals surface area contributed by atoms with Gasteiger partial charge in [0.15, 0.2) is 17.3 Å². The minimum atomic E-state index is -0.971. The first-order chi connectivity index (χ1) is 14.5. The van der Waals surface area contributed by atoms with Crippen LogP contribution in [0.1, 0.15) is 22.3 Å². The molecule has 0 amide bonds. The molecule has 1 atom stereocenters. The molecule has 0 aliphatic carbocycles. The van der Waals surface area contributed by atoms with Gasteiger partial charge >= 0.3 is 5.97 Å². The fraction of sp³-hybridized carbons (Fsp3) is 0.364. The normalized spacial score (nSPS) is 17.6. The van der Waals surface area contributed by atoms with Gasteiger partial charge in [0.05, 0.1) is 0 Å². The van der Waals surface area contributed by atoms with Crippen LogP contribution in [0.25, 0.3) is 0 Å². The largest absolute Gasteiger partial charge is 0.480 e. The molecule has 2 aliphatic heterocycles. The van der Waals surface area contributed by atoms with Crippen molar-refractivity contribution in [2.24, 2.45) is 0 Å². The van der Waals surface area contributed by atoms with Crippen LogP contribution in [0.15, 0.2) is 42.5 Å². The number of benzene rings is 2. The zero-order chi connectivity index (χ0) is 21.1. The maximum absolute atomic E-state index is 12.5. The number of carbonyl (C=O) groups excluding carboxylic acids is 1. The van der Waals surface area contributed by atoms with Crippen molar-refractivity contribution in [3.8, 4) is 11.5 Å². The lowest BCUT2D eigenvalue weighted by atomic mass is 10.0. The summed E-state index contributed by atoms with van der Waals surface area (Å²) in [5.41, 5.74) is 1.60. The lowest BCUT2D eigenvalue weighted by molar-refractivity contribution is -0.144. The predicted octanol–water partition coefficient (Wildman–Crippen LogP) is 2.91. The highest BCUT2D eigenvalue weighted by Gasteiger charge is 2.31. The fourth-order valence-corrected chi connectivity index (χ4v) is 3.96. The van der Waals surface area contributed by atoms with E-state index in [1.54, 1.807) is 24.3 Å². The third-order valence-electron chi connectivity index (χ3n) is 5.52. The second kappa shape index (κ2) is 9.04. The fourth-order valence-electron chi connectivity index (χ4n) is 3.83. The predicted molar refractivity (Wildman–Crippen MR) is 111 cm³/mol. The van der Waals surface area contributed by atoms with Crippen molar-refractivity contribution < 1.29 is 24.2 Å². The van der Waals surface area contributed by atoms with E-state index in [9.17, 15) is 14.7 Å². The molecule has 1 N–H and O–H groups in total. The number of halogens is 1. The van der Waals surface area contributed by atoms with E-state index in [4.69, 9.17) is 21.1 Å². The maximum atomic E-state index is 12.5. The van der Waals surface area contributed by atoms with Gasteiger partial charge in [-0.2, -0.15) is 0 Å². The Morgan fingerprint density at radius 1 is 1.00 bits per heavy atom. The van der Waals surface area contributed by atoms with Crippen LogP contribution in [0.2, 0.25) is 5.02 Å².